The molecular formula is C22H16ClF3N4O5. The first kappa shape index (κ1) is 24.1. The Bertz CT molecular complexity index is 1570. The number of imidazole rings is 1. The van der Waals surface area contributed by atoms with E-state index in [1.54, 1.807) is 24.5 Å². The number of halogens is 4. The minimum Gasteiger partial charge on any atom is -0.449 e. The van der Waals surface area contributed by atoms with Crippen molar-refractivity contribution in [3.8, 4) is 11.4 Å². The van der Waals surface area contributed by atoms with Crippen LogP contribution in [0.15, 0.2) is 58.5 Å². The molecule has 4 rings (SSSR count). The van der Waals surface area contributed by atoms with Crippen molar-refractivity contribution >= 4 is 28.8 Å². The molecule has 35 heavy (non-hydrogen) atoms. The van der Waals surface area contributed by atoms with Crippen molar-refractivity contribution in [3.05, 3.63) is 85.9 Å². The molecule has 182 valence electrons. The highest BCUT2D eigenvalue weighted by molar-refractivity contribution is 6.32. The van der Waals surface area contributed by atoms with Gasteiger partial charge in [-0.25, -0.2) is 14.6 Å². The maximum absolute atomic E-state index is 13.3. The Labute approximate surface area is 199 Å². The third kappa shape index (κ3) is 4.52. The third-order valence-electron chi connectivity index (χ3n) is 5.27. The second-order valence-corrected chi connectivity index (χ2v) is 7.76. The summed E-state index contributed by atoms with van der Waals surface area (Å²) in [6, 6.07) is 7.85. The molecule has 0 spiro atoms. The second kappa shape index (κ2) is 8.95. The van der Waals surface area contributed by atoms with Gasteiger partial charge >= 0.3 is 18.0 Å². The first-order valence-electron chi connectivity index (χ1n) is 10.1. The molecule has 2 aromatic heterocycles. The molecule has 0 aliphatic heterocycles. The average molecular weight is 509 g/mol. The number of carbonyl (C=O) groups is 1. The standard InChI is InChI=1S/C22H16ClF3N4O5/c1-2-28-11-27-15-8-13(6-7-16(15)28)29-10-17(35-21(33)34)19(31)30(20(29)32)9-12-4-3-5-14(18(12)23)22(24,25)26/h3-8,10-11H,2,9H2,1H3,(H,33,34). The molecule has 0 aliphatic carbocycles. The van der Waals surface area contributed by atoms with Crippen molar-refractivity contribution in [2.45, 2.75) is 26.2 Å². The first-order chi connectivity index (χ1) is 16.5. The molecule has 0 aliphatic rings. The molecule has 4 aromatic rings. The minimum absolute atomic E-state index is 0.170. The van der Waals surface area contributed by atoms with Crippen LogP contribution in [-0.4, -0.2) is 29.9 Å². The summed E-state index contributed by atoms with van der Waals surface area (Å²) in [5.74, 6) is -0.723. The van der Waals surface area contributed by atoms with E-state index < -0.39 is 46.5 Å². The number of carboxylic acid groups (broad SMARTS) is 1. The summed E-state index contributed by atoms with van der Waals surface area (Å²) < 4.78 is 47.7. The van der Waals surface area contributed by atoms with Gasteiger partial charge in [0.2, 0.25) is 5.75 Å². The monoisotopic (exact) mass is 508 g/mol. The van der Waals surface area contributed by atoms with Gasteiger partial charge in [0.1, 0.15) is 0 Å². The topological polar surface area (TPSA) is 108 Å². The molecule has 2 heterocycles. The summed E-state index contributed by atoms with van der Waals surface area (Å²) in [5, 5.41) is 8.34. The maximum Gasteiger partial charge on any atom is 0.511 e. The fraction of sp³-hybridized carbons (Fsp3) is 0.182. The van der Waals surface area contributed by atoms with Crippen LogP contribution < -0.4 is 16.0 Å². The van der Waals surface area contributed by atoms with E-state index in [4.69, 9.17) is 16.7 Å². The van der Waals surface area contributed by atoms with E-state index in [1.165, 1.54) is 6.07 Å². The van der Waals surface area contributed by atoms with E-state index in [2.05, 4.69) is 9.72 Å². The van der Waals surface area contributed by atoms with Crippen LogP contribution in [0, 0.1) is 0 Å². The van der Waals surface area contributed by atoms with Crippen molar-refractivity contribution in [3.63, 3.8) is 0 Å². The molecule has 0 atom stereocenters. The first-order valence-corrected chi connectivity index (χ1v) is 10.5. The lowest BCUT2D eigenvalue weighted by Gasteiger charge is -2.15. The number of benzene rings is 2. The number of alkyl halides is 3. The van der Waals surface area contributed by atoms with Crippen LogP contribution in [0.1, 0.15) is 18.1 Å². The number of aromatic nitrogens is 4. The Morgan fingerprint density at radius 3 is 2.60 bits per heavy atom. The maximum atomic E-state index is 13.3. The van der Waals surface area contributed by atoms with Crippen LogP contribution >= 0.6 is 11.6 Å². The molecule has 0 bridgehead atoms. The van der Waals surface area contributed by atoms with Gasteiger partial charge < -0.3 is 14.4 Å². The van der Waals surface area contributed by atoms with Crippen molar-refractivity contribution in [2.24, 2.45) is 0 Å². The summed E-state index contributed by atoms with van der Waals surface area (Å²) in [6.07, 6.45) is -4.06. The number of fused-ring (bicyclic) bond motifs is 1. The summed E-state index contributed by atoms with van der Waals surface area (Å²) in [4.78, 5) is 41.5. The smallest absolute Gasteiger partial charge is 0.449 e. The number of hydrogen-bond donors (Lipinski definition) is 1. The van der Waals surface area contributed by atoms with Crippen LogP contribution in [0.2, 0.25) is 5.02 Å². The number of hydrogen-bond acceptors (Lipinski definition) is 5. The number of nitrogens with zero attached hydrogens (tertiary/aromatic N) is 4. The molecule has 0 radical (unpaired) electrons. The zero-order chi connectivity index (χ0) is 25.5. The molecule has 0 amide bonds. The van der Waals surface area contributed by atoms with Crippen LogP contribution in [-0.2, 0) is 19.3 Å². The predicted molar refractivity (Wildman–Crippen MR) is 119 cm³/mol. The van der Waals surface area contributed by atoms with Crippen molar-refractivity contribution < 1.29 is 27.8 Å². The van der Waals surface area contributed by atoms with Gasteiger partial charge in [-0.3, -0.25) is 13.9 Å². The van der Waals surface area contributed by atoms with E-state index in [0.717, 1.165) is 28.4 Å². The van der Waals surface area contributed by atoms with Gasteiger partial charge in [-0.1, -0.05) is 23.7 Å². The van der Waals surface area contributed by atoms with Crippen LogP contribution in [0.4, 0.5) is 18.0 Å². The van der Waals surface area contributed by atoms with Gasteiger partial charge in [-0.15, -0.1) is 0 Å². The highest BCUT2D eigenvalue weighted by Crippen LogP contribution is 2.36. The van der Waals surface area contributed by atoms with E-state index >= 15 is 0 Å². The van der Waals surface area contributed by atoms with Crippen LogP contribution in [0.5, 0.6) is 5.75 Å². The number of ether oxygens (including phenoxy) is 1. The van der Waals surface area contributed by atoms with Crippen molar-refractivity contribution in [1.29, 1.82) is 0 Å². The number of aryl methyl sites for hydroxylation is 1. The Hall–Kier alpha value is -4.06. The molecule has 0 saturated carbocycles. The van der Waals surface area contributed by atoms with E-state index in [9.17, 15) is 27.6 Å². The second-order valence-electron chi connectivity index (χ2n) is 7.39. The Morgan fingerprint density at radius 1 is 1.20 bits per heavy atom. The largest absolute Gasteiger partial charge is 0.511 e. The molecule has 0 fully saturated rings. The summed E-state index contributed by atoms with van der Waals surface area (Å²) >= 11 is 5.93. The van der Waals surface area contributed by atoms with Crippen molar-refractivity contribution in [2.75, 3.05) is 0 Å². The van der Waals surface area contributed by atoms with E-state index in [1.807, 2.05) is 11.5 Å². The van der Waals surface area contributed by atoms with Gasteiger partial charge in [0.05, 0.1) is 46.4 Å². The fourth-order valence-corrected chi connectivity index (χ4v) is 3.90. The zero-order valence-electron chi connectivity index (χ0n) is 17.9. The zero-order valence-corrected chi connectivity index (χ0v) is 18.7. The summed E-state index contributed by atoms with van der Waals surface area (Å²) in [7, 11) is 0. The van der Waals surface area contributed by atoms with Crippen LogP contribution in [0.3, 0.4) is 0 Å². The van der Waals surface area contributed by atoms with Gasteiger partial charge in [-0.2, -0.15) is 13.2 Å². The minimum atomic E-state index is -4.76. The Morgan fingerprint density at radius 2 is 1.94 bits per heavy atom. The average Bonchev–Trinajstić information content (AvgIpc) is 3.20. The molecule has 1 N–H and O–H groups in total. The molecular weight excluding hydrogens is 493 g/mol. The SMILES string of the molecule is CCn1cnc2cc(-n3cc(OC(=O)O)c(=O)n(Cc4cccc(C(F)(F)F)c4Cl)c3=O)ccc21. The predicted octanol–water partition coefficient (Wildman–Crippen LogP) is 4.15. The molecule has 9 nitrogen and oxygen atoms in total. The highest BCUT2D eigenvalue weighted by atomic mass is 35.5. The van der Waals surface area contributed by atoms with Gasteiger partial charge in [0.25, 0.3) is 5.56 Å². The lowest BCUT2D eigenvalue weighted by atomic mass is 10.1. The lowest BCUT2D eigenvalue weighted by Crippen LogP contribution is -2.40. The molecule has 0 saturated heterocycles. The van der Waals surface area contributed by atoms with Gasteiger partial charge in [0.15, 0.2) is 0 Å². The highest BCUT2D eigenvalue weighted by Gasteiger charge is 2.34. The fourth-order valence-electron chi connectivity index (χ4n) is 3.61. The molecule has 2 aromatic carbocycles. The summed E-state index contributed by atoms with van der Waals surface area (Å²) in [5.41, 5.74) is -1.89. The Kier molecular flexibility index (Phi) is 6.15. The van der Waals surface area contributed by atoms with E-state index in [-0.39, 0.29) is 11.3 Å². The normalized spacial score (nSPS) is 11.7. The van der Waals surface area contributed by atoms with Crippen LogP contribution in [0.25, 0.3) is 16.7 Å². The molecule has 13 heteroatoms. The van der Waals surface area contributed by atoms with Gasteiger partial charge in [0, 0.05) is 6.54 Å². The number of rotatable bonds is 5. The quantitative estimate of drug-likeness (QED) is 0.406. The van der Waals surface area contributed by atoms with Crippen molar-refractivity contribution in [1.82, 2.24) is 18.7 Å². The molecule has 0 unspecified atom stereocenters. The lowest BCUT2D eigenvalue weighted by molar-refractivity contribution is -0.137. The van der Waals surface area contributed by atoms with E-state index in [0.29, 0.717) is 16.6 Å². The van der Waals surface area contributed by atoms with Gasteiger partial charge in [-0.05, 0) is 36.8 Å². The summed E-state index contributed by atoms with van der Waals surface area (Å²) in [6.45, 7) is 1.91. The Balaban J connectivity index is 1.91. The third-order valence-corrected chi connectivity index (χ3v) is 5.72.